The van der Waals surface area contributed by atoms with Crippen LogP contribution in [0.1, 0.15) is 251 Å². The van der Waals surface area contributed by atoms with E-state index in [0.29, 0.717) is 12.8 Å². The van der Waals surface area contributed by atoms with Gasteiger partial charge in [0.15, 0.2) is 18.9 Å². The average molecular weight is 1150 g/mol. The van der Waals surface area contributed by atoms with Crippen LogP contribution in [0.3, 0.4) is 0 Å². The molecule has 3 heterocycles. The van der Waals surface area contributed by atoms with Crippen LogP contribution in [-0.2, 0) is 33.2 Å². The van der Waals surface area contributed by atoms with Crippen molar-refractivity contribution in [3.05, 3.63) is 0 Å². The molecule has 3 aliphatic heterocycles. The zero-order chi connectivity index (χ0) is 58.3. The average Bonchev–Trinajstić information content (AvgIpc) is 3.45. The van der Waals surface area contributed by atoms with Crippen LogP contribution in [0.25, 0.3) is 0 Å². The Labute approximate surface area is 481 Å². The van der Waals surface area contributed by atoms with Crippen molar-refractivity contribution in [1.29, 1.82) is 0 Å². The number of aliphatic hydroxyl groups excluding tert-OH is 11. The molecule has 80 heavy (non-hydrogen) atoms. The molecule has 0 aromatic carbocycles. The molecule has 0 aromatic rings. The maximum absolute atomic E-state index is 13.4. The highest BCUT2D eigenvalue weighted by atomic mass is 16.8. The molecule has 3 saturated heterocycles. The standard InChI is InChI=1S/C61H117NO18/c1-3-5-7-9-11-13-15-17-19-20-21-22-23-24-25-27-29-31-33-35-37-39-49(67)62-44(45(66)38-36-34-32-30-28-26-18-16-14-12-10-8-6-4-2)43-75-59-55(73)52(70)57(47(41-64)77-59)80-61-56(74)53(71)58(48(42-65)78-61)79-60-54(72)51(69)50(68)46(40-63)76-60/h44-48,50-61,63-66,68-74H,3-43H2,1-2H3,(H,62,67). The molecule has 474 valence electrons. The molecule has 12 N–H and O–H groups in total. The molecule has 0 aromatic heterocycles. The minimum Gasteiger partial charge on any atom is -0.394 e. The van der Waals surface area contributed by atoms with Crippen molar-refractivity contribution >= 4 is 5.91 Å². The van der Waals surface area contributed by atoms with Gasteiger partial charge in [-0.2, -0.15) is 0 Å². The zero-order valence-corrected chi connectivity index (χ0v) is 49.6. The van der Waals surface area contributed by atoms with Crippen LogP contribution in [0, 0.1) is 0 Å². The minimum absolute atomic E-state index is 0.238. The van der Waals surface area contributed by atoms with E-state index in [2.05, 4.69) is 19.2 Å². The van der Waals surface area contributed by atoms with E-state index in [0.717, 1.165) is 44.9 Å². The summed E-state index contributed by atoms with van der Waals surface area (Å²) in [4.78, 5) is 13.4. The SMILES string of the molecule is CCCCCCCCCCCCCCCCCCCCCCCC(=O)NC(COC1OC(CO)C(OC2OC(CO)C(OC3OC(CO)C(O)C(O)C3O)C(O)C2O)C(O)C1O)C(O)CCCCCCCCCCCCCCCC. The zero-order valence-electron chi connectivity index (χ0n) is 49.6. The van der Waals surface area contributed by atoms with Crippen molar-refractivity contribution in [3.8, 4) is 0 Å². The maximum Gasteiger partial charge on any atom is 0.220 e. The van der Waals surface area contributed by atoms with Gasteiger partial charge in [-0.25, -0.2) is 0 Å². The second-order valence-corrected chi connectivity index (χ2v) is 23.6. The van der Waals surface area contributed by atoms with Crippen molar-refractivity contribution < 1.29 is 89.4 Å². The molecule has 17 unspecified atom stereocenters. The van der Waals surface area contributed by atoms with Gasteiger partial charge < -0.3 is 89.9 Å². The first-order chi connectivity index (χ1) is 38.8. The molecule has 0 spiro atoms. The molecule has 0 saturated carbocycles. The van der Waals surface area contributed by atoms with Crippen molar-refractivity contribution in [2.75, 3.05) is 26.4 Å². The first kappa shape index (κ1) is 73.0. The number of carbonyl (C=O) groups is 1. The van der Waals surface area contributed by atoms with Crippen LogP contribution in [0.5, 0.6) is 0 Å². The number of ether oxygens (including phenoxy) is 6. The van der Waals surface area contributed by atoms with Gasteiger partial charge in [-0.05, 0) is 12.8 Å². The van der Waals surface area contributed by atoms with E-state index in [-0.39, 0.29) is 18.9 Å². The van der Waals surface area contributed by atoms with Gasteiger partial charge in [0.05, 0.1) is 38.6 Å². The van der Waals surface area contributed by atoms with Gasteiger partial charge in [0.1, 0.15) is 73.2 Å². The number of amides is 1. The Hall–Kier alpha value is -1.21. The lowest BCUT2D eigenvalue weighted by Gasteiger charge is -2.48. The number of nitrogens with one attached hydrogen (secondary N) is 1. The second kappa shape index (κ2) is 45.2. The maximum atomic E-state index is 13.4. The molecule has 19 heteroatoms. The lowest BCUT2D eigenvalue weighted by atomic mass is 9.96. The minimum atomic E-state index is -1.97. The van der Waals surface area contributed by atoms with Crippen LogP contribution >= 0.6 is 0 Å². The summed E-state index contributed by atoms with van der Waals surface area (Å²) in [5.74, 6) is -0.238. The molecular formula is C61H117NO18. The molecule has 3 aliphatic rings. The Morgan fingerprint density at radius 3 is 1.09 bits per heavy atom. The predicted molar refractivity (Wildman–Crippen MR) is 305 cm³/mol. The largest absolute Gasteiger partial charge is 0.394 e. The number of carbonyl (C=O) groups excluding carboxylic acids is 1. The summed E-state index contributed by atoms with van der Waals surface area (Å²) in [6.45, 7) is 1.82. The Balaban J connectivity index is 1.45. The number of hydrogen-bond donors (Lipinski definition) is 12. The van der Waals surface area contributed by atoms with E-state index in [9.17, 15) is 61.0 Å². The highest BCUT2D eigenvalue weighted by Gasteiger charge is 2.53. The van der Waals surface area contributed by atoms with Crippen LogP contribution in [0.4, 0.5) is 0 Å². The molecule has 1 amide bonds. The van der Waals surface area contributed by atoms with Gasteiger partial charge in [-0.1, -0.05) is 232 Å². The number of aliphatic hydroxyl groups is 11. The lowest BCUT2D eigenvalue weighted by molar-refractivity contribution is -0.379. The molecule has 0 radical (unpaired) electrons. The fraction of sp³-hybridized carbons (Fsp3) is 0.984. The third-order valence-electron chi connectivity index (χ3n) is 16.7. The Kier molecular flexibility index (Phi) is 41.2. The molecular weight excluding hydrogens is 1030 g/mol. The quantitative estimate of drug-likeness (QED) is 0.0280. The van der Waals surface area contributed by atoms with E-state index >= 15 is 0 Å². The molecule has 3 rings (SSSR count). The van der Waals surface area contributed by atoms with E-state index < -0.39 is 124 Å². The molecule has 0 bridgehead atoms. The highest BCUT2D eigenvalue weighted by Crippen LogP contribution is 2.33. The van der Waals surface area contributed by atoms with Gasteiger partial charge in [0.2, 0.25) is 5.91 Å². The van der Waals surface area contributed by atoms with Gasteiger partial charge in [0, 0.05) is 6.42 Å². The van der Waals surface area contributed by atoms with E-state index in [4.69, 9.17) is 28.4 Å². The van der Waals surface area contributed by atoms with Crippen molar-refractivity contribution in [2.45, 2.75) is 356 Å². The second-order valence-electron chi connectivity index (χ2n) is 23.6. The van der Waals surface area contributed by atoms with Gasteiger partial charge in [0.25, 0.3) is 0 Å². The van der Waals surface area contributed by atoms with E-state index in [1.54, 1.807) is 0 Å². The third-order valence-corrected chi connectivity index (χ3v) is 16.7. The molecule has 19 nitrogen and oxygen atoms in total. The van der Waals surface area contributed by atoms with Gasteiger partial charge in [-0.15, -0.1) is 0 Å². The molecule has 3 fully saturated rings. The first-order valence-electron chi connectivity index (χ1n) is 32.3. The number of rotatable bonds is 49. The van der Waals surface area contributed by atoms with Crippen molar-refractivity contribution in [2.24, 2.45) is 0 Å². The normalized spacial score (nSPS) is 29.9. The summed E-state index contributed by atoms with van der Waals surface area (Å²) in [7, 11) is 0. The van der Waals surface area contributed by atoms with Crippen LogP contribution in [0.15, 0.2) is 0 Å². The summed E-state index contributed by atoms with van der Waals surface area (Å²) in [5, 5.41) is 120. The molecule has 17 atom stereocenters. The summed E-state index contributed by atoms with van der Waals surface area (Å²) >= 11 is 0. The third kappa shape index (κ3) is 28.3. The topological polar surface area (TPSA) is 307 Å². The first-order valence-corrected chi connectivity index (χ1v) is 32.3. The summed E-state index contributed by atoms with van der Waals surface area (Å²) in [6.07, 6.45) is 17.5. The van der Waals surface area contributed by atoms with Crippen molar-refractivity contribution in [1.82, 2.24) is 5.32 Å². The number of unbranched alkanes of at least 4 members (excludes halogenated alkanes) is 33. The fourth-order valence-corrected chi connectivity index (χ4v) is 11.4. The Morgan fingerprint density at radius 2 is 0.713 bits per heavy atom. The van der Waals surface area contributed by atoms with E-state index in [1.165, 1.54) is 173 Å². The summed E-state index contributed by atoms with van der Waals surface area (Å²) in [5.41, 5.74) is 0. The van der Waals surface area contributed by atoms with Crippen LogP contribution in [0.2, 0.25) is 0 Å². The Bertz CT molecular complexity index is 1470. The van der Waals surface area contributed by atoms with Crippen LogP contribution < -0.4 is 5.32 Å². The smallest absolute Gasteiger partial charge is 0.220 e. The predicted octanol–water partition coefficient (Wildman–Crippen LogP) is 6.77. The van der Waals surface area contributed by atoms with Crippen molar-refractivity contribution in [3.63, 3.8) is 0 Å². The summed E-state index contributed by atoms with van der Waals surface area (Å²) < 4.78 is 34.3. The number of hydrogen-bond acceptors (Lipinski definition) is 18. The Morgan fingerprint density at radius 1 is 0.400 bits per heavy atom. The highest BCUT2D eigenvalue weighted by molar-refractivity contribution is 5.76. The van der Waals surface area contributed by atoms with Gasteiger partial charge >= 0.3 is 0 Å². The molecule has 0 aliphatic carbocycles. The van der Waals surface area contributed by atoms with E-state index in [1.807, 2.05) is 0 Å². The van der Waals surface area contributed by atoms with Crippen LogP contribution in [-0.4, -0.2) is 193 Å². The lowest BCUT2D eigenvalue weighted by Crippen LogP contribution is -2.66. The monoisotopic (exact) mass is 1150 g/mol. The van der Waals surface area contributed by atoms with Gasteiger partial charge in [-0.3, -0.25) is 4.79 Å². The fourth-order valence-electron chi connectivity index (χ4n) is 11.4. The summed E-state index contributed by atoms with van der Waals surface area (Å²) in [6, 6.07) is -0.880.